The largest absolute Gasteiger partial charge is 0.357 e. The van der Waals surface area contributed by atoms with Crippen LogP contribution in [0.25, 0.3) is 10.9 Å². The maximum Gasteiger partial charge on any atom is 0.224 e. The maximum absolute atomic E-state index is 11.7. The van der Waals surface area contributed by atoms with Gasteiger partial charge in [-0.2, -0.15) is 0 Å². The number of aryl methyl sites for hydroxylation is 2. The van der Waals surface area contributed by atoms with Crippen molar-refractivity contribution >= 4 is 22.5 Å². The molecule has 0 aliphatic carbocycles. The highest BCUT2D eigenvalue weighted by Gasteiger charge is 2.12. The Morgan fingerprint density at radius 3 is 2.82 bits per heavy atom. The number of carbonyl (C=O) groups is 1. The van der Waals surface area contributed by atoms with E-state index >= 15 is 0 Å². The topological polar surface area (TPSA) is 44.9 Å². The van der Waals surface area contributed by atoms with E-state index in [1.54, 1.807) is 0 Å². The molecule has 0 fully saturated rings. The zero-order chi connectivity index (χ0) is 12.4. The normalized spacial score (nSPS) is 10.8. The van der Waals surface area contributed by atoms with Crippen LogP contribution in [-0.4, -0.2) is 10.9 Å². The molecule has 1 amide bonds. The van der Waals surface area contributed by atoms with E-state index in [4.69, 9.17) is 0 Å². The molecule has 3 heteroatoms. The molecule has 0 saturated heterocycles. The fourth-order valence-corrected chi connectivity index (χ4v) is 2.14. The second-order valence-corrected chi connectivity index (χ2v) is 4.42. The SMILES string of the molecule is CCCC(=O)Nc1c(C)[nH]c2cccc(C)c12. The molecule has 90 valence electrons. The molecule has 0 radical (unpaired) electrons. The Morgan fingerprint density at radius 2 is 2.12 bits per heavy atom. The van der Waals surface area contributed by atoms with Crippen molar-refractivity contribution in [2.75, 3.05) is 5.32 Å². The van der Waals surface area contributed by atoms with Crippen molar-refractivity contribution < 1.29 is 4.79 Å². The van der Waals surface area contributed by atoms with E-state index < -0.39 is 0 Å². The average molecular weight is 230 g/mol. The first kappa shape index (κ1) is 11.7. The summed E-state index contributed by atoms with van der Waals surface area (Å²) in [5.41, 5.74) is 4.20. The monoisotopic (exact) mass is 230 g/mol. The summed E-state index contributed by atoms with van der Waals surface area (Å²) in [6, 6.07) is 6.11. The average Bonchev–Trinajstić information content (AvgIpc) is 2.57. The minimum atomic E-state index is 0.0831. The Hall–Kier alpha value is -1.77. The van der Waals surface area contributed by atoms with Gasteiger partial charge >= 0.3 is 0 Å². The third-order valence-corrected chi connectivity index (χ3v) is 2.96. The van der Waals surface area contributed by atoms with Crippen molar-refractivity contribution in [1.29, 1.82) is 0 Å². The number of H-pyrrole nitrogens is 1. The standard InChI is InChI=1S/C14H18N2O/c1-4-6-12(17)16-14-10(3)15-11-8-5-7-9(2)13(11)14/h5,7-8,15H,4,6H2,1-3H3,(H,16,17). The van der Waals surface area contributed by atoms with Crippen LogP contribution >= 0.6 is 0 Å². The van der Waals surface area contributed by atoms with E-state index in [9.17, 15) is 4.79 Å². The summed E-state index contributed by atoms with van der Waals surface area (Å²) in [6.07, 6.45) is 1.43. The Labute approximate surface area is 101 Å². The molecule has 2 aromatic rings. The molecular formula is C14H18N2O. The van der Waals surface area contributed by atoms with Crippen molar-refractivity contribution in [1.82, 2.24) is 4.98 Å². The van der Waals surface area contributed by atoms with Gasteiger partial charge in [0.25, 0.3) is 0 Å². The first-order valence-electron chi connectivity index (χ1n) is 6.01. The molecule has 1 aromatic carbocycles. The van der Waals surface area contributed by atoms with E-state index in [1.807, 2.05) is 26.0 Å². The number of aromatic amines is 1. The summed E-state index contributed by atoms with van der Waals surface area (Å²) in [7, 11) is 0. The van der Waals surface area contributed by atoms with Crippen LogP contribution < -0.4 is 5.32 Å². The van der Waals surface area contributed by atoms with Gasteiger partial charge in [-0.25, -0.2) is 0 Å². The van der Waals surface area contributed by atoms with Crippen molar-refractivity contribution in [2.45, 2.75) is 33.6 Å². The lowest BCUT2D eigenvalue weighted by molar-refractivity contribution is -0.116. The van der Waals surface area contributed by atoms with E-state index in [-0.39, 0.29) is 5.91 Å². The van der Waals surface area contributed by atoms with Gasteiger partial charge in [0.1, 0.15) is 0 Å². The van der Waals surface area contributed by atoms with Gasteiger partial charge in [-0.15, -0.1) is 0 Å². The minimum Gasteiger partial charge on any atom is -0.357 e. The maximum atomic E-state index is 11.7. The fourth-order valence-electron chi connectivity index (χ4n) is 2.14. The molecule has 0 spiro atoms. The van der Waals surface area contributed by atoms with Gasteiger partial charge in [0.05, 0.1) is 5.69 Å². The van der Waals surface area contributed by atoms with E-state index in [2.05, 4.69) is 23.3 Å². The highest BCUT2D eigenvalue weighted by Crippen LogP contribution is 2.30. The number of amides is 1. The molecule has 2 N–H and O–H groups in total. The number of anilines is 1. The van der Waals surface area contributed by atoms with Crippen LogP contribution in [0.5, 0.6) is 0 Å². The molecule has 3 nitrogen and oxygen atoms in total. The molecule has 17 heavy (non-hydrogen) atoms. The number of hydrogen-bond donors (Lipinski definition) is 2. The zero-order valence-electron chi connectivity index (χ0n) is 10.6. The number of aromatic nitrogens is 1. The van der Waals surface area contributed by atoms with Crippen LogP contribution in [0.3, 0.4) is 0 Å². The smallest absolute Gasteiger partial charge is 0.224 e. The van der Waals surface area contributed by atoms with Crippen molar-refractivity contribution in [3.05, 3.63) is 29.5 Å². The van der Waals surface area contributed by atoms with Gasteiger partial charge in [0.2, 0.25) is 5.91 Å². The lowest BCUT2D eigenvalue weighted by atomic mass is 10.1. The molecule has 0 atom stereocenters. The molecule has 2 rings (SSSR count). The summed E-state index contributed by atoms with van der Waals surface area (Å²) in [5.74, 6) is 0.0831. The third-order valence-electron chi connectivity index (χ3n) is 2.96. The zero-order valence-corrected chi connectivity index (χ0v) is 10.6. The minimum absolute atomic E-state index is 0.0831. The van der Waals surface area contributed by atoms with E-state index in [0.717, 1.165) is 28.7 Å². The lowest BCUT2D eigenvalue weighted by Crippen LogP contribution is -2.11. The van der Waals surface area contributed by atoms with Crippen molar-refractivity contribution in [2.24, 2.45) is 0 Å². The van der Waals surface area contributed by atoms with Crippen LogP contribution in [0.15, 0.2) is 18.2 Å². The summed E-state index contributed by atoms with van der Waals surface area (Å²) < 4.78 is 0. The van der Waals surface area contributed by atoms with Gasteiger partial charge in [0, 0.05) is 23.0 Å². The van der Waals surface area contributed by atoms with Crippen LogP contribution in [0.1, 0.15) is 31.0 Å². The molecule has 0 saturated carbocycles. The second kappa shape index (κ2) is 4.62. The van der Waals surface area contributed by atoms with Crippen molar-refractivity contribution in [3.8, 4) is 0 Å². The Kier molecular flexibility index (Phi) is 3.18. The molecule has 1 heterocycles. The predicted molar refractivity (Wildman–Crippen MR) is 71.3 cm³/mol. The van der Waals surface area contributed by atoms with Gasteiger partial charge in [-0.3, -0.25) is 4.79 Å². The first-order valence-corrected chi connectivity index (χ1v) is 6.01. The Balaban J connectivity index is 2.45. The number of nitrogens with one attached hydrogen (secondary N) is 2. The summed E-state index contributed by atoms with van der Waals surface area (Å²) in [4.78, 5) is 15.0. The highest BCUT2D eigenvalue weighted by molar-refractivity contribution is 6.04. The quantitative estimate of drug-likeness (QED) is 0.832. The fraction of sp³-hybridized carbons (Fsp3) is 0.357. The molecular weight excluding hydrogens is 212 g/mol. The molecule has 1 aromatic heterocycles. The van der Waals surface area contributed by atoms with Gasteiger partial charge < -0.3 is 10.3 Å². The third kappa shape index (κ3) is 2.18. The summed E-state index contributed by atoms with van der Waals surface area (Å²) in [6.45, 7) is 6.05. The number of hydrogen-bond acceptors (Lipinski definition) is 1. The predicted octanol–water partition coefficient (Wildman–Crippen LogP) is 3.52. The lowest BCUT2D eigenvalue weighted by Gasteiger charge is -2.05. The Bertz CT molecular complexity index is 555. The van der Waals surface area contributed by atoms with E-state index in [1.165, 1.54) is 5.56 Å². The van der Waals surface area contributed by atoms with Gasteiger partial charge in [-0.1, -0.05) is 19.1 Å². The Morgan fingerprint density at radius 1 is 1.35 bits per heavy atom. The number of benzene rings is 1. The number of fused-ring (bicyclic) bond motifs is 1. The molecule has 0 aliphatic rings. The number of rotatable bonds is 3. The van der Waals surface area contributed by atoms with Crippen molar-refractivity contribution in [3.63, 3.8) is 0 Å². The van der Waals surface area contributed by atoms with Crippen LogP contribution in [0.4, 0.5) is 5.69 Å². The number of carbonyl (C=O) groups excluding carboxylic acids is 1. The van der Waals surface area contributed by atoms with Gasteiger partial charge in [0.15, 0.2) is 0 Å². The second-order valence-electron chi connectivity index (χ2n) is 4.42. The molecule has 0 unspecified atom stereocenters. The molecule has 0 bridgehead atoms. The van der Waals surface area contributed by atoms with Crippen LogP contribution in [0, 0.1) is 13.8 Å². The molecule has 0 aliphatic heterocycles. The van der Waals surface area contributed by atoms with Crippen LogP contribution in [-0.2, 0) is 4.79 Å². The van der Waals surface area contributed by atoms with Crippen LogP contribution in [0.2, 0.25) is 0 Å². The van der Waals surface area contributed by atoms with E-state index in [0.29, 0.717) is 6.42 Å². The summed E-state index contributed by atoms with van der Waals surface area (Å²) in [5, 5.41) is 4.12. The van der Waals surface area contributed by atoms with Gasteiger partial charge in [-0.05, 0) is 31.9 Å². The highest BCUT2D eigenvalue weighted by atomic mass is 16.1. The first-order chi connectivity index (χ1) is 8.13. The summed E-state index contributed by atoms with van der Waals surface area (Å²) >= 11 is 0.